The van der Waals surface area contributed by atoms with E-state index in [0.29, 0.717) is 39.9 Å². The first-order valence-corrected chi connectivity index (χ1v) is 16.7. The molecule has 8 rings (SSSR count). The summed E-state index contributed by atoms with van der Waals surface area (Å²) < 4.78 is 6.23. The number of imide groups is 2. The first-order chi connectivity index (χ1) is 23.3. The molecule has 8 nitrogen and oxygen atoms in total. The summed E-state index contributed by atoms with van der Waals surface area (Å²) in [5, 5.41) is 10.4. The van der Waals surface area contributed by atoms with Crippen molar-refractivity contribution in [3.8, 4) is 0 Å². The first kappa shape index (κ1) is 30.5. The van der Waals surface area contributed by atoms with Crippen molar-refractivity contribution in [3.63, 3.8) is 0 Å². The molecule has 0 radical (unpaired) electrons. The molecule has 1 aromatic heterocycles. The second-order valence-corrected chi connectivity index (χ2v) is 13.5. The predicted octanol–water partition coefficient (Wildman–Crippen LogP) is 6.35. The zero-order valence-electron chi connectivity index (χ0n) is 26.2. The summed E-state index contributed by atoms with van der Waals surface area (Å²) in [5.41, 5.74) is 2.01. The highest BCUT2D eigenvalue weighted by Crippen LogP contribution is 2.64. The zero-order valence-corrected chi connectivity index (χ0v) is 27.0. The number of benzene rings is 3. The molecule has 3 aromatic carbocycles. The maximum atomic E-state index is 15.2. The van der Waals surface area contributed by atoms with Gasteiger partial charge < -0.3 is 9.52 Å². The largest absolute Gasteiger partial charge is 0.463 e. The maximum Gasteiger partial charge on any atom is 0.246 e. The fraction of sp³-hybridized carbons (Fsp3) is 0.282. The van der Waals surface area contributed by atoms with Gasteiger partial charge in [0.1, 0.15) is 23.5 Å². The second-order valence-electron chi connectivity index (χ2n) is 13.1. The highest BCUT2D eigenvalue weighted by Gasteiger charge is 2.71. The van der Waals surface area contributed by atoms with E-state index in [-0.39, 0.29) is 24.8 Å². The predicted molar refractivity (Wildman–Crippen MR) is 179 cm³/mol. The molecule has 3 heterocycles. The Labute approximate surface area is 282 Å². The molecule has 48 heavy (non-hydrogen) atoms. The number of carbonyl (C=O) groups excluding carboxylic acids is 4. The van der Waals surface area contributed by atoms with Crippen molar-refractivity contribution in [2.75, 3.05) is 9.80 Å². The number of amides is 4. The van der Waals surface area contributed by atoms with Crippen LogP contribution in [-0.2, 0) is 37.6 Å². The van der Waals surface area contributed by atoms with Crippen molar-refractivity contribution < 1.29 is 28.7 Å². The molecule has 0 bridgehead atoms. The average molecular weight is 661 g/mol. The van der Waals surface area contributed by atoms with Crippen molar-refractivity contribution >= 4 is 46.6 Å². The number of halogens is 1. The Bertz CT molecular complexity index is 2000. The van der Waals surface area contributed by atoms with E-state index in [1.54, 1.807) is 36.4 Å². The Hall–Kier alpha value is -4.79. The van der Waals surface area contributed by atoms with Crippen LogP contribution in [0.25, 0.3) is 0 Å². The molecule has 2 aliphatic heterocycles. The molecule has 2 aliphatic carbocycles. The quantitative estimate of drug-likeness (QED) is 0.191. The summed E-state index contributed by atoms with van der Waals surface area (Å²) in [5.74, 6) is -4.11. The Morgan fingerprint density at radius 2 is 1.60 bits per heavy atom. The third-order valence-corrected chi connectivity index (χ3v) is 11.1. The lowest BCUT2D eigenvalue weighted by Gasteiger charge is -2.49. The van der Waals surface area contributed by atoms with E-state index < -0.39 is 46.8 Å². The van der Waals surface area contributed by atoms with Crippen LogP contribution in [0.4, 0.5) is 11.4 Å². The number of aryl methyl sites for hydroxylation is 1. The van der Waals surface area contributed by atoms with E-state index in [9.17, 15) is 19.5 Å². The van der Waals surface area contributed by atoms with Crippen LogP contribution in [0, 0.1) is 23.7 Å². The standard InChI is InChI=1S/C39H33ClN2O6/c1-2-22-11-13-25(14-12-22)41-35(44)29-17-16-28-30(33(29)37(41)46)20-31-36(45)42(26-10-6-9-24(40)19-26)38(47)39(31,23-7-4-3-5-8-23)34(28)32-18-15-27(21-43)48-32/h3-16,18-19,29-31,33-34,43H,2,17,20-21H2,1H3/t29-,30+,31-,33-,34+,39+/m0/s1. The molecule has 1 N–H and O–H groups in total. The Morgan fingerprint density at radius 1 is 0.833 bits per heavy atom. The second kappa shape index (κ2) is 11.4. The fourth-order valence-electron chi connectivity index (χ4n) is 8.82. The number of rotatable bonds is 6. The van der Waals surface area contributed by atoms with Crippen molar-refractivity contribution in [2.24, 2.45) is 23.7 Å². The summed E-state index contributed by atoms with van der Waals surface area (Å²) in [6, 6.07) is 26.8. The van der Waals surface area contributed by atoms with E-state index in [4.69, 9.17) is 16.0 Å². The summed E-state index contributed by atoms with van der Waals surface area (Å²) in [7, 11) is 0. The zero-order chi connectivity index (χ0) is 33.3. The lowest BCUT2D eigenvalue weighted by atomic mass is 9.50. The molecule has 4 aromatic rings. The number of aliphatic hydroxyl groups excluding tert-OH is 1. The van der Waals surface area contributed by atoms with Crippen LogP contribution in [0.2, 0.25) is 5.02 Å². The van der Waals surface area contributed by atoms with Gasteiger partial charge in [-0.2, -0.15) is 0 Å². The van der Waals surface area contributed by atoms with Gasteiger partial charge in [-0.1, -0.05) is 78.7 Å². The van der Waals surface area contributed by atoms with Gasteiger partial charge in [0.05, 0.1) is 35.0 Å². The molecule has 6 atom stereocenters. The van der Waals surface area contributed by atoms with Gasteiger partial charge in [0.15, 0.2) is 0 Å². The molecule has 1 saturated carbocycles. The molecule has 3 fully saturated rings. The number of nitrogens with zero attached hydrogens (tertiary/aromatic N) is 2. The average Bonchev–Trinajstić information content (AvgIpc) is 3.75. The normalized spacial score (nSPS) is 28.0. The van der Waals surface area contributed by atoms with Crippen LogP contribution >= 0.6 is 11.6 Å². The Morgan fingerprint density at radius 3 is 2.29 bits per heavy atom. The van der Waals surface area contributed by atoms with Crippen molar-refractivity contribution in [3.05, 3.63) is 130 Å². The molecular formula is C39H33ClN2O6. The van der Waals surface area contributed by atoms with Crippen LogP contribution in [0.5, 0.6) is 0 Å². The highest BCUT2D eigenvalue weighted by atomic mass is 35.5. The van der Waals surface area contributed by atoms with Gasteiger partial charge in [-0.25, -0.2) is 4.90 Å². The number of hydrogen-bond donors (Lipinski definition) is 1. The highest BCUT2D eigenvalue weighted by molar-refractivity contribution is 6.32. The molecule has 0 spiro atoms. The Kier molecular flexibility index (Phi) is 7.27. The third kappa shape index (κ3) is 4.25. The molecule has 242 valence electrons. The third-order valence-electron chi connectivity index (χ3n) is 10.9. The van der Waals surface area contributed by atoms with E-state index in [2.05, 4.69) is 0 Å². The number of furan rings is 1. The lowest BCUT2D eigenvalue weighted by Crippen LogP contribution is -2.53. The van der Waals surface area contributed by atoms with Gasteiger partial charge in [-0.15, -0.1) is 0 Å². The van der Waals surface area contributed by atoms with E-state index in [0.717, 1.165) is 17.6 Å². The van der Waals surface area contributed by atoms with Gasteiger partial charge in [0.25, 0.3) is 0 Å². The SMILES string of the molecule is CCc1ccc(N2C(=O)[C@H]3[C@H](CC=C4[C@H]3C[C@H]3C(=O)N(c5cccc(Cl)c5)C(=O)[C@@]3(c3ccccc3)[C@H]4c3ccc(CO)o3)C2=O)cc1. The van der Waals surface area contributed by atoms with Crippen LogP contribution in [0.1, 0.15) is 48.3 Å². The van der Waals surface area contributed by atoms with E-state index >= 15 is 4.79 Å². The summed E-state index contributed by atoms with van der Waals surface area (Å²) in [6.07, 6.45) is 3.32. The van der Waals surface area contributed by atoms with Crippen LogP contribution in [-0.4, -0.2) is 28.7 Å². The fourth-order valence-corrected chi connectivity index (χ4v) is 9.01. The number of anilines is 2. The van der Waals surface area contributed by atoms with Gasteiger partial charge in [0, 0.05) is 5.02 Å². The van der Waals surface area contributed by atoms with Gasteiger partial charge >= 0.3 is 0 Å². The number of hydrogen-bond acceptors (Lipinski definition) is 6. The molecule has 4 amide bonds. The first-order valence-electron chi connectivity index (χ1n) is 16.3. The van der Waals surface area contributed by atoms with Crippen molar-refractivity contribution in [2.45, 2.75) is 44.1 Å². The summed E-state index contributed by atoms with van der Waals surface area (Å²) >= 11 is 6.37. The van der Waals surface area contributed by atoms with Gasteiger partial charge in [-0.3, -0.25) is 24.1 Å². The lowest BCUT2D eigenvalue weighted by molar-refractivity contribution is -0.127. The minimum atomic E-state index is -1.43. The number of fused-ring (bicyclic) bond motifs is 4. The number of aliphatic hydroxyl groups is 1. The van der Waals surface area contributed by atoms with Gasteiger partial charge in [-0.05, 0) is 78.8 Å². The van der Waals surface area contributed by atoms with Gasteiger partial charge in [0.2, 0.25) is 23.6 Å². The number of allylic oxidation sites excluding steroid dienone is 2. The minimum absolute atomic E-state index is 0.190. The smallest absolute Gasteiger partial charge is 0.246 e. The summed E-state index contributed by atoms with van der Waals surface area (Å²) in [6.45, 7) is 1.70. The molecule has 9 heteroatoms. The van der Waals surface area contributed by atoms with Crippen molar-refractivity contribution in [1.82, 2.24) is 0 Å². The molecular weight excluding hydrogens is 628 g/mol. The Balaban J connectivity index is 1.32. The maximum absolute atomic E-state index is 15.2. The minimum Gasteiger partial charge on any atom is -0.463 e. The van der Waals surface area contributed by atoms with E-state index in [1.165, 1.54) is 9.80 Å². The van der Waals surface area contributed by atoms with Crippen LogP contribution < -0.4 is 9.80 Å². The van der Waals surface area contributed by atoms with Crippen LogP contribution in [0.3, 0.4) is 0 Å². The monoisotopic (exact) mass is 660 g/mol. The van der Waals surface area contributed by atoms with E-state index in [1.807, 2.05) is 67.6 Å². The van der Waals surface area contributed by atoms with Crippen molar-refractivity contribution in [1.29, 1.82) is 0 Å². The number of carbonyl (C=O) groups is 4. The molecule has 0 unspecified atom stereocenters. The summed E-state index contributed by atoms with van der Waals surface area (Å²) in [4.78, 5) is 60.8. The molecule has 2 saturated heterocycles. The topological polar surface area (TPSA) is 108 Å². The molecule has 4 aliphatic rings. The van der Waals surface area contributed by atoms with Crippen LogP contribution in [0.15, 0.2) is 107 Å².